The molecule has 20 heavy (non-hydrogen) atoms. The molecule has 5 nitrogen and oxygen atoms in total. The zero-order valence-electron chi connectivity index (χ0n) is 11.5. The summed E-state index contributed by atoms with van der Waals surface area (Å²) in [4.78, 5) is 28.8. The van der Waals surface area contributed by atoms with Crippen molar-refractivity contribution < 1.29 is 14.7 Å². The largest absolute Gasteiger partial charge is 0.478 e. The fourth-order valence-electron chi connectivity index (χ4n) is 2.47. The van der Waals surface area contributed by atoms with Crippen LogP contribution in [0, 0.1) is 0 Å². The standard InChI is InChI=1S/C15H18N2O3/c1-2-12-4-3-9-17(12)15(20)13-7-5-11(10-16-13)6-8-14(18)19/h5-8,10,12H,2-4,9H2,1H3,(H,18,19). The third kappa shape index (κ3) is 3.23. The number of carbonyl (C=O) groups excluding carboxylic acids is 1. The summed E-state index contributed by atoms with van der Waals surface area (Å²) < 4.78 is 0. The second-order valence-electron chi connectivity index (χ2n) is 4.85. The molecule has 1 aliphatic rings. The number of likely N-dealkylation sites (tertiary alicyclic amines) is 1. The van der Waals surface area contributed by atoms with Crippen molar-refractivity contribution in [3.05, 3.63) is 35.7 Å². The second-order valence-corrected chi connectivity index (χ2v) is 4.85. The zero-order chi connectivity index (χ0) is 14.5. The Morgan fingerprint density at radius 1 is 1.50 bits per heavy atom. The summed E-state index contributed by atoms with van der Waals surface area (Å²) in [5.74, 6) is -1.05. The van der Waals surface area contributed by atoms with Gasteiger partial charge in [-0.15, -0.1) is 0 Å². The van der Waals surface area contributed by atoms with Crippen LogP contribution in [0.5, 0.6) is 0 Å². The fraction of sp³-hybridized carbons (Fsp3) is 0.400. The van der Waals surface area contributed by atoms with Crippen LogP contribution in [-0.2, 0) is 4.79 Å². The van der Waals surface area contributed by atoms with E-state index in [1.165, 1.54) is 12.3 Å². The Bertz CT molecular complexity index is 522. The van der Waals surface area contributed by atoms with Gasteiger partial charge < -0.3 is 10.0 Å². The number of hydrogen-bond donors (Lipinski definition) is 1. The molecule has 5 heteroatoms. The first-order chi connectivity index (χ1) is 9.61. The van der Waals surface area contributed by atoms with Crippen LogP contribution in [0.3, 0.4) is 0 Å². The number of carboxylic acid groups (broad SMARTS) is 1. The summed E-state index contributed by atoms with van der Waals surface area (Å²) in [6.07, 6.45) is 7.08. The van der Waals surface area contributed by atoms with E-state index in [4.69, 9.17) is 5.11 Å². The highest BCUT2D eigenvalue weighted by atomic mass is 16.4. The third-order valence-corrected chi connectivity index (χ3v) is 3.53. The maximum Gasteiger partial charge on any atom is 0.328 e. The van der Waals surface area contributed by atoms with E-state index in [1.807, 2.05) is 4.90 Å². The molecule has 1 unspecified atom stereocenters. The van der Waals surface area contributed by atoms with Crippen LogP contribution in [0.25, 0.3) is 6.08 Å². The Kier molecular flexibility index (Phi) is 4.50. The lowest BCUT2D eigenvalue weighted by atomic mass is 10.1. The minimum atomic E-state index is -1.01. The van der Waals surface area contributed by atoms with Gasteiger partial charge >= 0.3 is 5.97 Å². The molecular formula is C15H18N2O3. The minimum absolute atomic E-state index is 0.0388. The average molecular weight is 274 g/mol. The van der Waals surface area contributed by atoms with E-state index in [2.05, 4.69) is 11.9 Å². The zero-order valence-corrected chi connectivity index (χ0v) is 11.5. The lowest BCUT2D eigenvalue weighted by Gasteiger charge is -2.23. The Morgan fingerprint density at radius 3 is 2.90 bits per heavy atom. The number of nitrogens with zero attached hydrogens (tertiary/aromatic N) is 2. The van der Waals surface area contributed by atoms with Crippen LogP contribution in [0.15, 0.2) is 24.4 Å². The number of hydrogen-bond acceptors (Lipinski definition) is 3. The summed E-state index contributed by atoms with van der Waals surface area (Å²) >= 11 is 0. The molecule has 2 heterocycles. The molecule has 0 spiro atoms. The van der Waals surface area contributed by atoms with Crippen molar-refractivity contribution in [1.29, 1.82) is 0 Å². The van der Waals surface area contributed by atoms with Gasteiger partial charge in [0.1, 0.15) is 5.69 Å². The van der Waals surface area contributed by atoms with Crippen molar-refractivity contribution >= 4 is 18.0 Å². The number of rotatable bonds is 4. The normalized spacial score (nSPS) is 18.6. The Morgan fingerprint density at radius 2 is 2.30 bits per heavy atom. The van der Waals surface area contributed by atoms with Gasteiger partial charge in [-0.25, -0.2) is 4.79 Å². The van der Waals surface area contributed by atoms with E-state index in [1.54, 1.807) is 12.1 Å². The molecule has 106 valence electrons. The summed E-state index contributed by atoms with van der Waals surface area (Å²) in [6.45, 7) is 2.88. The molecule has 1 aliphatic heterocycles. The minimum Gasteiger partial charge on any atom is -0.478 e. The number of pyridine rings is 1. The predicted molar refractivity (Wildman–Crippen MR) is 75.3 cm³/mol. The number of aliphatic carboxylic acids is 1. The van der Waals surface area contributed by atoms with Crippen LogP contribution in [0.1, 0.15) is 42.2 Å². The predicted octanol–water partition coefficient (Wildman–Crippen LogP) is 2.19. The highest BCUT2D eigenvalue weighted by Gasteiger charge is 2.28. The molecule has 1 aromatic rings. The Hall–Kier alpha value is -2.17. The van der Waals surface area contributed by atoms with Crippen LogP contribution in [-0.4, -0.2) is 39.5 Å². The molecule has 0 aromatic carbocycles. The van der Waals surface area contributed by atoms with Crippen LogP contribution in [0.2, 0.25) is 0 Å². The fourth-order valence-corrected chi connectivity index (χ4v) is 2.47. The van der Waals surface area contributed by atoms with Gasteiger partial charge in [0.15, 0.2) is 0 Å². The summed E-state index contributed by atoms with van der Waals surface area (Å²) in [5.41, 5.74) is 1.08. The number of amides is 1. The SMILES string of the molecule is CCC1CCCN1C(=O)c1ccc(C=CC(=O)O)cn1. The maximum absolute atomic E-state index is 12.3. The number of carboxylic acids is 1. The first kappa shape index (κ1) is 14.2. The van der Waals surface area contributed by atoms with Gasteiger partial charge in [0.05, 0.1) is 0 Å². The molecule has 0 aliphatic carbocycles. The van der Waals surface area contributed by atoms with E-state index >= 15 is 0 Å². The molecule has 1 atom stereocenters. The average Bonchev–Trinajstić information content (AvgIpc) is 2.93. The second kappa shape index (κ2) is 6.32. The lowest BCUT2D eigenvalue weighted by molar-refractivity contribution is -0.131. The molecule has 2 rings (SSSR count). The van der Waals surface area contributed by atoms with Gasteiger partial charge in [0.25, 0.3) is 5.91 Å². The summed E-state index contributed by atoms with van der Waals surface area (Å²) in [5, 5.41) is 8.55. The van der Waals surface area contributed by atoms with E-state index in [0.717, 1.165) is 31.9 Å². The topological polar surface area (TPSA) is 70.5 Å². The van der Waals surface area contributed by atoms with Crippen molar-refractivity contribution in [2.24, 2.45) is 0 Å². The number of aromatic nitrogens is 1. The van der Waals surface area contributed by atoms with E-state index in [0.29, 0.717) is 17.3 Å². The molecule has 1 saturated heterocycles. The highest BCUT2D eigenvalue weighted by Crippen LogP contribution is 2.21. The van der Waals surface area contributed by atoms with Crippen molar-refractivity contribution in [2.75, 3.05) is 6.54 Å². The van der Waals surface area contributed by atoms with Gasteiger partial charge in [-0.2, -0.15) is 0 Å². The highest BCUT2D eigenvalue weighted by molar-refractivity contribution is 5.93. The lowest BCUT2D eigenvalue weighted by Crippen LogP contribution is -2.35. The molecule has 0 bridgehead atoms. The van der Waals surface area contributed by atoms with Gasteiger partial charge in [0.2, 0.25) is 0 Å². The van der Waals surface area contributed by atoms with E-state index in [9.17, 15) is 9.59 Å². The molecule has 1 aromatic heterocycles. The summed E-state index contributed by atoms with van der Waals surface area (Å²) in [6, 6.07) is 3.67. The van der Waals surface area contributed by atoms with E-state index in [-0.39, 0.29) is 5.91 Å². The Balaban J connectivity index is 2.09. The van der Waals surface area contributed by atoms with Crippen LogP contribution >= 0.6 is 0 Å². The first-order valence-corrected chi connectivity index (χ1v) is 6.80. The first-order valence-electron chi connectivity index (χ1n) is 6.80. The van der Waals surface area contributed by atoms with Crippen molar-refractivity contribution in [1.82, 2.24) is 9.88 Å². The van der Waals surface area contributed by atoms with E-state index < -0.39 is 5.97 Å². The molecule has 1 amide bonds. The quantitative estimate of drug-likeness (QED) is 0.854. The maximum atomic E-state index is 12.3. The monoisotopic (exact) mass is 274 g/mol. The third-order valence-electron chi connectivity index (χ3n) is 3.53. The smallest absolute Gasteiger partial charge is 0.328 e. The number of carbonyl (C=O) groups is 2. The van der Waals surface area contributed by atoms with Gasteiger partial charge in [0, 0.05) is 24.9 Å². The summed E-state index contributed by atoms with van der Waals surface area (Å²) in [7, 11) is 0. The van der Waals surface area contributed by atoms with Gasteiger partial charge in [-0.3, -0.25) is 9.78 Å². The molecular weight excluding hydrogens is 256 g/mol. The molecule has 0 saturated carbocycles. The Labute approximate surface area is 117 Å². The van der Waals surface area contributed by atoms with Crippen molar-refractivity contribution in [3.8, 4) is 0 Å². The van der Waals surface area contributed by atoms with Crippen LogP contribution in [0.4, 0.5) is 0 Å². The molecule has 1 N–H and O–H groups in total. The van der Waals surface area contributed by atoms with Crippen LogP contribution < -0.4 is 0 Å². The van der Waals surface area contributed by atoms with Gasteiger partial charge in [-0.1, -0.05) is 13.0 Å². The molecule has 1 fully saturated rings. The van der Waals surface area contributed by atoms with Crippen molar-refractivity contribution in [2.45, 2.75) is 32.2 Å². The van der Waals surface area contributed by atoms with Crippen molar-refractivity contribution in [3.63, 3.8) is 0 Å². The van der Waals surface area contributed by atoms with Gasteiger partial charge in [-0.05, 0) is 37.0 Å². The molecule has 0 radical (unpaired) electrons.